The SMILES string of the molecule is Cc1sc2ncnc(Sc3ccc4ccccc4n3)c2c1C. The van der Waals surface area contributed by atoms with Crippen molar-refractivity contribution in [1.29, 1.82) is 0 Å². The maximum Gasteiger partial charge on any atom is 0.128 e. The third kappa shape index (κ3) is 2.26. The number of aromatic nitrogens is 3. The number of rotatable bonds is 2. The van der Waals surface area contributed by atoms with Gasteiger partial charge in [-0.2, -0.15) is 0 Å². The molecule has 0 fully saturated rings. The number of hydrogen-bond acceptors (Lipinski definition) is 5. The highest BCUT2D eigenvalue weighted by molar-refractivity contribution is 7.99. The largest absolute Gasteiger partial charge is 0.241 e. The summed E-state index contributed by atoms with van der Waals surface area (Å²) in [6, 6.07) is 12.3. The van der Waals surface area contributed by atoms with Crippen LogP contribution in [0.25, 0.3) is 21.1 Å². The Bertz CT molecular complexity index is 992. The predicted octanol–water partition coefficient (Wildman–Crippen LogP) is 5.01. The van der Waals surface area contributed by atoms with Gasteiger partial charge in [0.2, 0.25) is 0 Å². The molecule has 0 spiro atoms. The van der Waals surface area contributed by atoms with Gasteiger partial charge < -0.3 is 0 Å². The van der Waals surface area contributed by atoms with Gasteiger partial charge in [-0.25, -0.2) is 15.0 Å². The van der Waals surface area contributed by atoms with Gasteiger partial charge in [-0.1, -0.05) is 24.3 Å². The van der Waals surface area contributed by atoms with Crippen molar-refractivity contribution in [3.63, 3.8) is 0 Å². The fourth-order valence-electron chi connectivity index (χ4n) is 2.43. The molecule has 0 aliphatic carbocycles. The van der Waals surface area contributed by atoms with Crippen molar-refractivity contribution in [2.75, 3.05) is 0 Å². The molecule has 0 unspecified atom stereocenters. The normalized spacial score (nSPS) is 11.4. The average molecular weight is 323 g/mol. The Labute approximate surface area is 136 Å². The van der Waals surface area contributed by atoms with Gasteiger partial charge in [-0.3, -0.25) is 0 Å². The quantitative estimate of drug-likeness (QED) is 0.486. The maximum absolute atomic E-state index is 4.72. The van der Waals surface area contributed by atoms with E-state index in [-0.39, 0.29) is 0 Å². The summed E-state index contributed by atoms with van der Waals surface area (Å²) >= 11 is 3.33. The number of benzene rings is 1. The zero-order valence-corrected chi connectivity index (χ0v) is 13.8. The van der Waals surface area contributed by atoms with E-state index < -0.39 is 0 Å². The van der Waals surface area contributed by atoms with Crippen LogP contribution in [-0.4, -0.2) is 15.0 Å². The van der Waals surface area contributed by atoms with Crippen LogP contribution in [0.3, 0.4) is 0 Å². The second kappa shape index (κ2) is 5.34. The number of pyridine rings is 1. The van der Waals surface area contributed by atoms with E-state index >= 15 is 0 Å². The van der Waals surface area contributed by atoms with Gasteiger partial charge in [0.1, 0.15) is 21.2 Å². The lowest BCUT2D eigenvalue weighted by Crippen LogP contribution is -1.87. The van der Waals surface area contributed by atoms with E-state index in [1.807, 2.05) is 18.2 Å². The van der Waals surface area contributed by atoms with E-state index in [0.717, 1.165) is 31.2 Å². The Morgan fingerprint density at radius 1 is 1.00 bits per heavy atom. The van der Waals surface area contributed by atoms with E-state index in [1.165, 1.54) is 10.4 Å². The third-order valence-electron chi connectivity index (χ3n) is 3.70. The molecule has 3 nitrogen and oxygen atoms in total. The van der Waals surface area contributed by atoms with Crippen molar-refractivity contribution in [1.82, 2.24) is 15.0 Å². The Morgan fingerprint density at radius 2 is 1.86 bits per heavy atom. The highest BCUT2D eigenvalue weighted by Gasteiger charge is 2.13. The summed E-state index contributed by atoms with van der Waals surface area (Å²) in [6.07, 6.45) is 1.64. The molecular formula is C17H13N3S2. The first-order valence-corrected chi connectivity index (χ1v) is 8.60. The minimum atomic E-state index is 0.960. The van der Waals surface area contributed by atoms with Gasteiger partial charge >= 0.3 is 0 Å². The van der Waals surface area contributed by atoms with Crippen molar-refractivity contribution in [3.05, 3.63) is 53.2 Å². The Morgan fingerprint density at radius 3 is 2.77 bits per heavy atom. The van der Waals surface area contributed by atoms with Crippen LogP contribution in [0.5, 0.6) is 0 Å². The van der Waals surface area contributed by atoms with Crippen LogP contribution in [0.15, 0.2) is 52.8 Å². The zero-order chi connectivity index (χ0) is 15.1. The molecule has 108 valence electrons. The molecule has 0 atom stereocenters. The van der Waals surface area contributed by atoms with Crippen molar-refractivity contribution < 1.29 is 0 Å². The molecule has 1 aromatic carbocycles. The first-order chi connectivity index (χ1) is 10.7. The monoisotopic (exact) mass is 323 g/mol. The molecule has 0 N–H and O–H groups in total. The predicted molar refractivity (Wildman–Crippen MR) is 92.8 cm³/mol. The van der Waals surface area contributed by atoms with Crippen molar-refractivity contribution >= 4 is 44.2 Å². The lowest BCUT2D eigenvalue weighted by molar-refractivity contribution is 1.09. The molecule has 4 rings (SSSR count). The Kier molecular flexibility index (Phi) is 3.32. The Balaban J connectivity index is 1.82. The fraction of sp³-hybridized carbons (Fsp3) is 0.118. The van der Waals surface area contributed by atoms with Gasteiger partial charge in [0.25, 0.3) is 0 Å². The number of para-hydroxylation sites is 1. The van der Waals surface area contributed by atoms with Crippen LogP contribution >= 0.6 is 23.1 Å². The molecule has 0 bridgehead atoms. The minimum Gasteiger partial charge on any atom is -0.241 e. The second-order valence-electron chi connectivity index (χ2n) is 5.09. The van der Waals surface area contributed by atoms with Gasteiger partial charge in [0, 0.05) is 15.6 Å². The van der Waals surface area contributed by atoms with Crippen molar-refractivity contribution in [2.24, 2.45) is 0 Å². The molecule has 0 radical (unpaired) electrons. The molecule has 22 heavy (non-hydrogen) atoms. The summed E-state index contributed by atoms with van der Waals surface area (Å²) in [4.78, 5) is 15.9. The summed E-state index contributed by atoms with van der Waals surface area (Å²) in [6.45, 7) is 4.26. The second-order valence-corrected chi connectivity index (χ2v) is 7.30. The molecular weight excluding hydrogens is 310 g/mol. The Hall–Kier alpha value is -1.98. The molecule has 0 amide bonds. The average Bonchev–Trinajstić information content (AvgIpc) is 2.83. The summed E-state index contributed by atoms with van der Waals surface area (Å²) in [5.41, 5.74) is 2.28. The van der Waals surface area contributed by atoms with Gasteiger partial charge in [0.05, 0.1) is 5.52 Å². The van der Waals surface area contributed by atoms with Crippen LogP contribution in [0.1, 0.15) is 10.4 Å². The van der Waals surface area contributed by atoms with Crippen LogP contribution in [-0.2, 0) is 0 Å². The van der Waals surface area contributed by atoms with Crippen LogP contribution in [0, 0.1) is 13.8 Å². The molecule has 0 aliphatic heterocycles. The van der Waals surface area contributed by atoms with E-state index in [0.29, 0.717) is 0 Å². The van der Waals surface area contributed by atoms with Gasteiger partial charge in [-0.15, -0.1) is 11.3 Å². The number of thiophene rings is 1. The molecule has 4 aromatic rings. The number of hydrogen-bond donors (Lipinski definition) is 0. The van der Waals surface area contributed by atoms with Crippen molar-refractivity contribution in [2.45, 2.75) is 23.9 Å². The molecule has 3 aromatic heterocycles. The van der Waals surface area contributed by atoms with E-state index in [9.17, 15) is 0 Å². The summed E-state index contributed by atoms with van der Waals surface area (Å²) in [7, 11) is 0. The standard InChI is InChI=1S/C17H13N3S2/c1-10-11(2)21-16-15(10)17(19-9-18-16)22-14-8-7-12-5-3-4-6-13(12)20-14/h3-9H,1-2H3. The topological polar surface area (TPSA) is 38.7 Å². The van der Waals surface area contributed by atoms with Crippen LogP contribution in [0.4, 0.5) is 0 Å². The smallest absolute Gasteiger partial charge is 0.128 e. The first-order valence-electron chi connectivity index (χ1n) is 6.97. The lowest BCUT2D eigenvalue weighted by Gasteiger charge is -2.04. The molecule has 0 aliphatic rings. The number of aryl methyl sites for hydroxylation is 2. The van der Waals surface area contributed by atoms with Crippen LogP contribution in [0.2, 0.25) is 0 Å². The maximum atomic E-state index is 4.72. The number of fused-ring (bicyclic) bond motifs is 2. The van der Waals surface area contributed by atoms with E-state index in [4.69, 9.17) is 4.98 Å². The van der Waals surface area contributed by atoms with Crippen molar-refractivity contribution in [3.8, 4) is 0 Å². The summed E-state index contributed by atoms with van der Waals surface area (Å²) in [5.74, 6) is 0. The van der Waals surface area contributed by atoms with Crippen LogP contribution < -0.4 is 0 Å². The molecule has 0 saturated carbocycles. The van der Waals surface area contributed by atoms with E-state index in [2.05, 4.69) is 42.0 Å². The fourth-order valence-corrected chi connectivity index (χ4v) is 4.42. The molecule has 3 heterocycles. The zero-order valence-electron chi connectivity index (χ0n) is 12.2. The van der Waals surface area contributed by atoms with Gasteiger partial charge in [-0.05, 0) is 43.3 Å². The highest BCUT2D eigenvalue weighted by atomic mass is 32.2. The van der Waals surface area contributed by atoms with Gasteiger partial charge in [0.15, 0.2) is 0 Å². The minimum absolute atomic E-state index is 0.960. The highest BCUT2D eigenvalue weighted by Crippen LogP contribution is 2.37. The molecule has 0 saturated heterocycles. The number of nitrogens with zero attached hydrogens (tertiary/aromatic N) is 3. The summed E-state index contributed by atoms with van der Waals surface area (Å²) in [5, 5.41) is 4.25. The summed E-state index contributed by atoms with van der Waals surface area (Å²) < 4.78 is 0. The lowest BCUT2D eigenvalue weighted by atomic mass is 10.2. The molecule has 5 heteroatoms. The first kappa shape index (κ1) is 13.7. The third-order valence-corrected chi connectivity index (χ3v) is 5.76. The van der Waals surface area contributed by atoms with E-state index in [1.54, 1.807) is 29.4 Å².